The summed E-state index contributed by atoms with van der Waals surface area (Å²) in [6.07, 6.45) is 5.34. The first-order valence-corrected chi connectivity index (χ1v) is 9.47. The molecule has 0 bridgehead atoms. The van der Waals surface area contributed by atoms with Gasteiger partial charge in [0.15, 0.2) is 5.82 Å². The summed E-state index contributed by atoms with van der Waals surface area (Å²) in [5, 5.41) is 26.6. The van der Waals surface area contributed by atoms with E-state index in [-0.39, 0.29) is 12.1 Å². The molecule has 9 heteroatoms. The molecule has 0 spiro atoms. The highest BCUT2D eigenvalue weighted by atomic mass is 16.5. The monoisotopic (exact) mass is 386 g/mol. The van der Waals surface area contributed by atoms with E-state index in [1.807, 2.05) is 36.4 Å². The predicted molar refractivity (Wildman–Crippen MR) is 102 cm³/mol. The van der Waals surface area contributed by atoms with Crippen molar-refractivity contribution in [1.29, 1.82) is 0 Å². The highest BCUT2D eigenvalue weighted by molar-refractivity contribution is 5.77. The van der Waals surface area contributed by atoms with E-state index in [4.69, 9.17) is 4.74 Å². The molecule has 1 fully saturated rings. The lowest BCUT2D eigenvalue weighted by Gasteiger charge is -2.20. The number of benzene rings is 1. The summed E-state index contributed by atoms with van der Waals surface area (Å²) in [6, 6.07) is 9.74. The number of amides is 2. The number of unbranched alkanes of at least 4 members (excludes halogenated alkanes) is 1. The number of ether oxygens (including phenoxy) is 1. The van der Waals surface area contributed by atoms with E-state index in [9.17, 15) is 9.90 Å². The van der Waals surface area contributed by atoms with Crippen molar-refractivity contribution in [2.75, 3.05) is 19.7 Å². The van der Waals surface area contributed by atoms with Crippen molar-refractivity contribution >= 4 is 6.03 Å². The Morgan fingerprint density at radius 3 is 2.96 bits per heavy atom. The molecule has 3 N–H and O–H groups in total. The molecule has 3 rings (SSSR count). The van der Waals surface area contributed by atoms with E-state index in [1.54, 1.807) is 11.0 Å². The zero-order chi connectivity index (χ0) is 19.6. The first-order chi connectivity index (χ1) is 13.7. The second-order valence-corrected chi connectivity index (χ2v) is 6.68. The second kappa shape index (κ2) is 10.5. The molecule has 1 saturated heterocycles. The van der Waals surface area contributed by atoms with Gasteiger partial charge in [0.2, 0.25) is 0 Å². The molecule has 0 aliphatic carbocycles. The van der Waals surface area contributed by atoms with Crippen LogP contribution in [0.25, 0.3) is 0 Å². The van der Waals surface area contributed by atoms with E-state index in [0.717, 1.165) is 18.4 Å². The number of rotatable bonds is 11. The van der Waals surface area contributed by atoms with Crippen molar-refractivity contribution in [2.24, 2.45) is 0 Å². The first kappa shape index (κ1) is 20.0. The zero-order valence-electron chi connectivity index (χ0n) is 15.7. The van der Waals surface area contributed by atoms with Gasteiger partial charge in [0, 0.05) is 26.1 Å². The van der Waals surface area contributed by atoms with Gasteiger partial charge in [-0.2, -0.15) is 5.21 Å². The summed E-state index contributed by atoms with van der Waals surface area (Å²) in [6.45, 7) is 2.09. The van der Waals surface area contributed by atoms with Crippen molar-refractivity contribution in [3.05, 3.63) is 53.9 Å². The summed E-state index contributed by atoms with van der Waals surface area (Å²) in [4.78, 5) is 13.9. The Bertz CT molecular complexity index is 737. The fourth-order valence-electron chi connectivity index (χ4n) is 3.07. The summed E-state index contributed by atoms with van der Waals surface area (Å²) >= 11 is 0. The number of H-pyrrole nitrogens is 1. The molecular formula is C19H26N6O3. The van der Waals surface area contributed by atoms with Gasteiger partial charge in [-0.15, -0.1) is 10.2 Å². The van der Waals surface area contributed by atoms with Crippen molar-refractivity contribution in [3.8, 4) is 0 Å². The number of hydrogen-bond donors (Lipinski definition) is 3. The van der Waals surface area contributed by atoms with Crippen LogP contribution >= 0.6 is 0 Å². The molecule has 1 aliphatic rings. The number of carbonyl (C=O) groups excluding carboxylic acids is 1. The third-order valence-corrected chi connectivity index (χ3v) is 4.52. The van der Waals surface area contributed by atoms with Crippen LogP contribution in [-0.2, 0) is 17.8 Å². The minimum Gasteiger partial charge on any atom is -0.389 e. The number of nitrogens with one attached hydrogen (secondary N) is 2. The molecule has 9 nitrogen and oxygen atoms in total. The van der Waals surface area contributed by atoms with Gasteiger partial charge in [-0.3, -0.25) is 0 Å². The van der Waals surface area contributed by atoms with Gasteiger partial charge in [-0.05, 0) is 18.4 Å². The maximum Gasteiger partial charge on any atom is 0.318 e. The Balaban J connectivity index is 1.37. The van der Waals surface area contributed by atoms with Gasteiger partial charge in [0.1, 0.15) is 6.61 Å². The van der Waals surface area contributed by atoms with Crippen LogP contribution < -0.4 is 5.32 Å². The number of nitrogens with zero attached hydrogens (tertiary/aromatic N) is 4. The fraction of sp³-hybridized carbons (Fsp3) is 0.474. The Kier molecular flexibility index (Phi) is 7.51. The first-order valence-electron chi connectivity index (χ1n) is 9.47. The third kappa shape index (κ3) is 6.14. The number of hydrogen-bond acceptors (Lipinski definition) is 6. The maximum absolute atomic E-state index is 12.1. The van der Waals surface area contributed by atoms with Crippen molar-refractivity contribution in [2.45, 2.75) is 38.0 Å². The van der Waals surface area contributed by atoms with Gasteiger partial charge in [-0.1, -0.05) is 47.7 Å². The minimum absolute atomic E-state index is 0.0434. The quantitative estimate of drug-likeness (QED) is 0.393. The van der Waals surface area contributed by atoms with Gasteiger partial charge in [0.25, 0.3) is 0 Å². The SMILES string of the molecule is O=C1NC[C@H](/C=C/C(O)Cc2ccccc2)N1CCCCOCc1nn[nH]n1. The summed E-state index contributed by atoms with van der Waals surface area (Å²) < 4.78 is 5.48. The molecule has 28 heavy (non-hydrogen) atoms. The lowest BCUT2D eigenvalue weighted by atomic mass is 10.1. The fourth-order valence-corrected chi connectivity index (χ4v) is 3.07. The molecule has 2 heterocycles. The predicted octanol–water partition coefficient (Wildman–Crippen LogP) is 1.05. The van der Waals surface area contributed by atoms with E-state index in [2.05, 4.69) is 25.9 Å². The number of aliphatic hydroxyl groups is 1. The molecule has 0 saturated carbocycles. The minimum atomic E-state index is -0.571. The Morgan fingerprint density at radius 1 is 1.32 bits per heavy atom. The highest BCUT2D eigenvalue weighted by Gasteiger charge is 2.28. The number of tetrazole rings is 1. The van der Waals surface area contributed by atoms with Crippen LogP contribution in [0.15, 0.2) is 42.5 Å². The molecule has 1 aromatic carbocycles. The normalized spacial score (nSPS) is 18.0. The van der Waals surface area contributed by atoms with Gasteiger partial charge >= 0.3 is 6.03 Å². The highest BCUT2D eigenvalue weighted by Crippen LogP contribution is 2.12. The third-order valence-electron chi connectivity index (χ3n) is 4.52. The number of aromatic amines is 1. The molecule has 0 radical (unpaired) electrons. The molecule has 150 valence electrons. The van der Waals surface area contributed by atoms with Crippen LogP contribution in [-0.4, -0.2) is 68.5 Å². The van der Waals surface area contributed by atoms with Gasteiger partial charge < -0.3 is 20.1 Å². The van der Waals surface area contributed by atoms with Crippen LogP contribution in [0.5, 0.6) is 0 Å². The number of aromatic nitrogens is 4. The zero-order valence-corrected chi connectivity index (χ0v) is 15.7. The van der Waals surface area contributed by atoms with Crippen molar-refractivity contribution < 1.29 is 14.6 Å². The molecule has 1 aromatic heterocycles. The Labute approximate surface area is 163 Å². The topological polar surface area (TPSA) is 116 Å². The van der Waals surface area contributed by atoms with Crippen LogP contribution in [0.3, 0.4) is 0 Å². The lowest BCUT2D eigenvalue weighted by molar-refractivity contribution is 0.110. The Hall–Kier alpha value is -2.78. The maximum atomic E-state index is 12.1. The largest absolute Gasteiger partial charge is 0.389 e. The standard InChI is InChI=1S/C19H26N6O3/c26-17(12-15-6-2-1-3-7-15)9-8-16-13-20-19(27)25(16)10-4-5-11-28-14-18-21-23-24-22-18/h1-3,6-9,16-17,26H,4-5,10-14H2,(H,20,27)(H,21,22,23,24)/b9-8+/t16-,17?/m0/s1. The molecule has 1 unspecified atom stereocenters. The van der Waals surface area contributed by atoms with Gasteiger partial charge in [0.05, 0.1) is 12.1 Å². The molecule has 2 amide bonds. The van der Waals surface area contributed by atoms with Crippen LogP contribution in [0, 0.1) is 0 Å². The average molecular weight is 386 g/mol. The summed E-state index contributed by atoms with van der Waals surface area (Å²) in [5.41, 5.74) is 1.08. The molecule has 2 aromatic rings. The number of aliphatic hydroxyl groups excluding tert-OH is 1. The summed E-state index contributed by atoms with van der Waals surface area (Å²) in [7, 11) is 0. The number of urea groups is 1. The second-order valence-electron chi connectivity index (χ2n) is 6.68. The molecule has 1 aliphatic heterocycles. The smallest absolute Gasteiger partial charge is 0.318 e. The average Bonchev–Trinajstić information content (AvgIpc) is 3.34. The Morgan fingerprint density at radius 2 is 2.18 bits per heavy atom. The van der Waals surface area contributed by atoms with E-state index >= 15 is 0 Å². The lowest BCUT2D eigenvalue weighted by Crippen LogP contribution is -2.34. The van der Waals surface area contributed by atoms with Crippen LogP contribution in [0.2, 0.25) is 0 Å². The molecule has 2 atom stereocenters. The summed E-state index contributed by atoms with van der Waals surface area (Å²) in [5.74, 6) is 0.526. The van der Waals surface area contributed by atoms with Gasteiger partial charge in [-0.25, -0.2) is 4.79 Å². The van der Waals surface area contributed by atoms with E-state index in [1.165, 1.54) is 0 Å². The van der Waals surface area contributed by atoms with Crippen LogP contribution in [0.4, 0.5) is 4.79 Å². The number of carbonyl (C=O) groups is 1. The van der Waals surface area contributed by atoms with Crippen molar-refractivity contribution in [1.82, 2.24) is 30.8 Å². The van der Waals surface area contributed by atoms with E-state index in [0.29, 0.717) is 38.5 Å². The van der Waals surface area contributed by atoms with E-state index < -0.39 is 6.10 Å². The van der Waals surface area contributed by atoms with Crippen molar-refractivity contribution in [3.63, 3.8) is 0 Å². The van der Waals surface area contributed by atoms with Crippen LogP contribution in [0.1, 0.15) is 24.2 Å². The molecular weight excluding hydrogens is 360 g/mol.